The zero-order valence-electron chi connectivity index (χ0n) is 12.8. The molecule has 0 saturated heterocycles. The van der Waals surface area contributed by atoms with Crippen molar-refractivity contribution < 1.29 is 19.1 Å². The van der Waals surface area contributed by atoms with Gasteiger partial charge in [0.15, 0.2) is 0 Å². The van der Waals surface area contributed by atoms with E-state index in [0.717, 1.165) is 0 Å². The summed E-state index contributed by atoms with van der Waals surface area (Å²) < 4.78 is 11.1. The predicted octanol–water partition coefficient (Wildman–Crippen LogP) is 1.48. The van der Waals surface area contributed by atoms with Crippen LogP contribution in [0.3, 0.4) is 0 Å². The van der Waals surface area contributed by atoms with Crippen molar-refractivity contribution in [1.82, 2.24) is 14.9 Å². The normalized spacial score (nSPS) is 12.4. The molecule has 0 bridgehead atoms. The molecule has 1 aromatic heterocycles. The maximum atomic E-state index is 11.9. The molecule has 7 heteroatoms. The van der Waals surface area contributed by atoms with E-state index in [1.807, 2.05) is 0 Å². The fourth-order valence-electron chi connectivity index (χ4n) is 1.59. The average molecular weight is 295 g/mol. The Morgan fingerprint density at radius 1 is 1.52 bits per heavy atom. The second-order valence-electron chi connectivity index (χ2n) is 5.40. The van der Waals surface area contributed by atoms with Crippen LogP contribution in [0.5, 0.6) is 0 Å². The molecule has 1 atom stereocenters. The summed E-state index contributed by atoms with van der Waals surface area (Å²) in [6, 6.07) is -0.602. The van der Waals surface area contributed by atoms with E-state index in [1.54, 1.807) is 20.8 Å². The number of nitrogens with zero attached hydrogens (tertiary/aromatic N) is 2. The van der Waals surface area contributed by atoms with E-state index in [0.29, 0.717) is 5.69 Å². The molecule has 1 rings (SSSR count). The molecule has 0 saturated carbocycles. The van der Waals surface area contributed by atoms with Gasteiger partial charge in [-0.3, -0.25) is 0 Å². The van der Waals surface area contributed by atoms with Gasteiger partial charge in [-0.2, -0.15) is 0 Å². The molecule has 0 radical (unpaired) electrons. The molecular weight excluding hydrogens is 274 g/mol. The molecule has 0 spiro atoms. The lowest BCUT2D eigenvalue weighted by Gasteiger charge is -2.19. The molecule has 0 aliphatic carbocycles. The molecule has 0 aliphatic heterocycles. The Balaban J connectivity index is 2.76. The van der Waals surface area contributed by atoms with Crippen LogP contribution in [0.4, 0.5) is 4.79 Å². The lowest BCUT2D eigenvalue weighted by Crippen LogP contribution is -2.36. The van der Waals surface area contributed by atoms with Crippen molar-refractivity contribution in [3.63, 3.8) is 0 Å². The molecule has 1 heterocycles. The largest absolute Gasteiger partial charge is 0.467 e. The van der Waals surface area contributed by atoms with Crippen molar-refractivity contribution >= 4 is 12.1 Å². The fraction of sp³-hybridized carbons (Fsp3) is 0.500. The average Bonchev–Trinajstić information content (AvgIpc) is 2.84. The molecule has 0 unspecified atom stereocenters. The predicted molar refractivity (Wildman–Crippen MR) is 76.7 cm³/mol. The van der Waals surface area contributed by atoms with Crippen molar-refractivity contribution in [1.29, 1.82) is 0 Å². The van der Waals surface area contributed by atoms with Crippen molar-refractivity contribution in [2.45, 2.75) is 38.8 Å². The number of methoxy groups -OCH3 is 1. The van der Waals surface area contributed by atoms with Crippen LogP contribution < -0.4 is 5.32 Å². The first-order chi connectivity index (χ1) is 9.76. The third-order valence-electron chi connectivity index (χ3n) is 2.46. The highest BCUT2D eigenvalue weighted by Gasteiger charge is 2.21. The van der Waals surface area contributed by atoms with Crippen LogP contribution >= 0.6 is 0 Å². The zero-order valence-corrected chi connectivity index (χ0v) is 12.8. The molecule has 1 aromatic rings. The number of hydrogen-bond donors (Lipinski definition) is 1. The van der Waals surface area contributed by atoms with E-state index in [-0.39, 0.29) is 6.42 Å². The topological polar surface area (TPSA) is 82.5 Å². The number of carbonyl (C=O) groups is 2. The number of aromatic nitrogens is 2. The minimum Gasteiger partial charge on any atom is -0.467 e. The van der Waals surface area contributed by atoms with E-state index >= 15 is 0 Å². The Morgan fingerprint density at radius 2 is 2.19 bits per heavy atom. The SMILES string of the molecule is C=CN[C@@H](Cc1cn(C(=O)OC(C)(C)C)cn1)C(=O)OC. The molecule has 1 N–H and O–H groups in total. The quantitative estimate of drug-likeness (QED) is 0.829. The van der Waals surface area contributed by atoms with Crippen LogP contribution in [-0.2, 0) is 20.7 Å². The summed E-state index contributed by atoms with van der Waals surface area (Å²) in [5.74, 6) is -0.429. The second kappa shape index (κ2) is 6.92. The maximum absolute atomic E-state index is 11.9. The van der Waals surface area contributed by atoms with Crippen LogP contribution in [-0.4, -0.2) is 40.4 Å². The van der Waals surface area contributed by atoms with E-state index in [9.17, 15) is 9.59 Å². The summed E-state index contributed by atoms with van der Waals surface area (Å²) in [4.78, 5) is 27.5. The smallest absolute Gasteiger partial charge is 0.419 e. The van der Waals surface area contributed by atoms with Gasteiger partial charge in [-0.05, 0) is 27.0 Å². The summed E-state index contributed by atoms with van der Waals surface area (Å²) >= 11 is 0. The minimum absolute atomic E-state index is 0.272. The first kappa shape index (κ1) is 16.7. The summed E-state index contributed by atoms with van der Waals surface area (Å²) in [5, 5.41) is 2.78. The molecule has 21 heavy (non-hydrogen) atoms. The number of rotatable bonds is 5. The number of nitrogens with one attached hydrogen (secondary N) is 1. The fourth-order valence-corrected chi connectivity index (χ4v) is 1.59. The highest BCUT2D eigenvalue weighted by atomic mass is 16.6. The maximum Gasteiger partial charge on any atom is 0.419 e. The van der Waals surface area contributed by atoms with Gasteiger partial charge in [0.05, 0.1) is 12.8 Å². The van der Waals surface area contributed by atoms with Crippen LogP contribution in [0.1, 0.15) is 26.5 Å². The lowest BCUT2D eigenvalue weighted by molar-refractivity contribution is -0.142. The number of hydrogen-bond acceptors (Lipinski definition) is 6. The van der Waals surface area contributed by atoms with Crippen LogP contribution in [0, 0.1) is 0 Å². The van der Waals surface area contributed by atoms with Gasteiger partial charge in [0.1, 0.15) is 18.0 Å². The second-order valence-corrected chi connectivity index (χ2v) is 5.40. The van der Waals surface area contributed by atoms with Gasteiger partial charge >= 0.3 is 12.1 Å². The van der Waals surface area contributed by atoms with Crippen molar-refractivity contribution in [3.8, 4) is 0 Å². The van der Waals surface area contributed by atoms with Gasteiger partial charge in [0, 0.05) is 12.6 Å². The van der Waals surface area contributed by atoms with Gasteiger partial charge < -0.3 is 14.8 Å². The summed E-state index contributed by atoms with van der Waals surface area (Å²) in [5.41, 5.74) is -0.0221. The Bertz CT molecular complexity index is 517. The molecule has 0 amide bonds. The van der Waals surface area contributed by atoms with Gasteiger partial charge in [0.2, 0.25) is 0 Å². The first-order valence-corrected chi connectivity index (χ1v) is 6.48. The number of ether oxygens (including phenoxy) is 2. The third kappa shape index (κ3) is 5.29. The van der Waals surface area contributed by atoms with Crippen LogP contribution in [0.2, 0.25) is 0 Å². The Hall–Kier alpha value is -2.31. The van der Waals surface area contributed by atoms with Gasteiger partial charge in [-0.1, -0.05) is 6.58 Å². The number of esters is 1. The molecule has 116 valence electrons. The van der Waals surface area contributed by atoms with E-state index in [2.05, 4.69) is 21.6 Å². The summed E-state index contributed by atoms with van der Waals surface area (Å²) in [7, 11) is 1.30. The number of imidazole rings is 1. The molecular formula is C14H21N3O4. The first-order valence-electron chi connectivity index (χ1n) is 6.48. The molecule has 7 nitrogen and oxygen atoms in total. The Kier molecular flexibility index (Phi) is 5.52. The highest BCUT2D eigenvalue weighted by Crippen LogP contribution is 2.10. The van der Waals surface area contributed by atoms with E-state index < -0.39 is 23.7 Å². The van der Waals surface area contributed by atoms with Crippen LogP contribution in [0.25, 0.3) is 0 Å². The highest BCUT2D eigenvalue weighted by molar-refractivity contribution is 5.76. The molecule has 0 fully saturated rings. The Morgan fingerprint density at radius 3 is 2.71 bits per heavy atom. The van der Waals surface area contributed by atoms with Gasteiger partial charge in [0.25, 0.3) is 0 Å². The van der Waals surface area contributed by atoms with E-state index in [1.165, 1.54) is 30.4 Å². The van der Waals surface area contributed by atoms with Gasteiger partial charge in [-0.25, -0.2) is 19.1 Å². The molecule has 0 aromatic carbocycles. The van der Waals surface area contributed by atoms with Crippen LogP contribution in [0.15, 0.2) is 25.3 Å². The van der Waals surface area contributed by atoms with Crippen molar-refractivity contribution in [2.24, 2.45) is 0 Å². The monoisotopic (exact) mass is 295 g/mol. The van der Waals surface area contributed by atoms with Gasteiger partial charge in [-0.15, -0.1) is 0 Å². The lowest BCUT2D eigenvalue weighted by atomic mass is 10.1. The zero-order chi connectivity index (χ0) is 16.0. The van der Waals surface area contributed by atoms with E-state index in [4.69, 9.17) is 4.74 Å². The number of carbonyl (C=O) groups excluding carboxylic acids is 2. The summed E-state index contributed by atoms with van der Waals surface area (Å²) in [6.45, 7) is 8.86. The van der Waals surface area contributed by atoms with Crippen molar-refractivity contribution in [2.75, 3.05) is 7.11 Å². The third-order valence-corrected chi connectivity index (χ3v) is 2.46. The minimum atomic E-state index is -0.602. The standard InChI is InChI=1S/C14H21N3O4/c1-6-15-11(12(18)20-5)7-10-8-17(9-16-10)13(19)21-14(2,3)4/h6,8-9,11,15H,1,7H2,2-5H3/t11-/m0/s1. The summed E-state index contributed by atoms with van der Waals surface area (Å²) in [6.07, 6.45) is 4.04. The molecule has 0 aliphatic rings. The Labute approximate surface area is 123 Å². The van der Waals surface area contributed by atoms with Crippen molar-refractivity contribution in [3.05, 3.63) is 31.0 Å².